The standard InChI is InChI=1S/C22H26O7/c1-13-20(24)19(22(28-6)14(2)21(13)29-12-25-3)17(23)9-7-15-11-16(26-4)8-10-18(15)27-5/h7-11,24H,12H2,1-6H3/b9-7+. The molecular weight excluding hydrogens is 376 g/mol. The second kappa shape index (κ2) is 9.84. The van der Waals surface area contributed by atoms with Crippen molar-refractivity contribution in [1.82, 2.24) is 0 Å². The molecule has 0 spiro atoms. The number of rotatable bonds is 9. The molecule has 1 N–H and O–H groups in total. The average molecular weight is 402 g/mol. The molecule has 0 saturated heterocycles. The van der Waals surface area contributed by atoms with Crippen LogP contribution in [0.15, 0.2) is 24.3 Å². The summed E-state index contributed by atoms with van der Waals surface area (Å²) < 4.78 is 26.4. The first-order valence-electron chi connectivity index (χ1n) is 8.85. The lowest BCUT2D eigenvalue weighted by molar-refractivity contribution is 0.0497. The van der Waals surface area contributed by atoms with E-state index in [0.29, 0.717) is 33.9 Å². The molecule has 7 heteroatoms. The third-order valence-corrected chi connectivity index (χ3v) is 4.46. The lowest BCUT2D eigenvalue weighted by Crippen LogP contribution is -2.08. The number of phenols is 1. The maximum atomic E-state index is 12.9. The van der Waals surface area contributed by atoms with Gasteiger partial charge in [-0.2, -0.15) is 0 Å². The first kappa shape index (κ1) is 22.1. The number of carbonyl (C=O) groups is 1. The van der Waals surface area contributed by atoms with Crippen molar-refractivity contribution in [3.63, 3.8) is 0 Å². The van der Waals surface area contributed by atoms with Gasteiger partial charge in [-0.15, -0.1) is 0 Å². The van der Waals surface area contributed by atoms with E-state index in [1.54, 1.807) is 52.3 Å². The number of allylic oxidation sites excluding steroid dienone is 1. The summed E-state index contributed by atoms with van der Waals surface area (Å²) in [6.45, 7) is 3.42. The van der Waals surface area contributed by atoms with Crippen molar-refractivity contribution in [2.75, 3.05) is 35.2 Å². The van der Waals surface area contributed by atoms with Crippen LogP contribution in [0.5, 0.6) is 28.7 Å². The quantitative estimate of drug-likeness (QED) is 0.387. The van der Waals surface area contributed by atoms with Gasteiger partial charge in [0, 0.05) is 23.8 Å². The third kappa shape index (κ3) is 4.63. The van der Waals surface area contributed by atoms with E-state index in [2.05, 4.69) is 0 Å². The maximum Gasteiger partial charge on any atom is 0.193 e. The molecule has 0 aliphatic heterocycles. The Labute approximate surface area is 170 Å². The molecule has 2 rings (SSSR count). The molecule has 2 aromatic carbocycles. The molecule has 0 atom stereocenters. The maximum absolute atomic E-state index is 12.9. The number of hydrogen-bond donors (Lipinski definition) is 1. The highest BCUT2D eigenvalue weighted by Gasteiger charge is 2.25. The van der Waals surface area contributed by atoms with Crippen molar-refractivity contribution in [2.24, 2.45) is 0 Å². The fourth-order valence-electron chi connectivity index (χ4n) is 3.01. The SMILES string of the molecule is COCOc1c(C)c(O)c(C(=O)/C=C/c2cc(OC)ccc2OC)c(OC)c1C. The lowest BCUT2D eigenvalue weighted by atomic mass is 9.98. The number of ketones is 1. The number of carbonyl (C=O) groups excluding carboxylic acids is 1. The van der Waals surface area contributed by atoms with Gasteiger partial charge in [0.1, 0.15) is 34.3 Å². The van der Waals surface area contributed by atoms with Crippen LogP contribution in [0.3, 0.4) is 0 Å². The van der Waals surface area contributed by atoms with Crippen LogP contribution in [0.2, 0.25) is 0 Å². The minimum Gasteiger partial charge on any atom is -0.507 e. The molecule has 0 heterocycles. The minimum atomic E-state index is -0.422. The fourth-order valence-corrected chi connectivity index (χ4v) is 3.01. The van der Waals surface area contributed by atoms with E-state index < -0.39 is 5.78 Å². The molecule has 156 valence electrons. The van der Waals surface area contributed by atoms with Gasteiger partial charge in [-0.05, 0) is 44.2 Å². The van der Waals surface area contributed by atoms with Crippen LogP contribution in [0.4, 0.5) is 0 Å². The van der Waals surface area contributed by atoms with Gasteiger partial charge >= 0.3 is 0 Å². The highest BCUT2D eigenvalue weighted by Crippen LogP contribution is 2.42. The van der Waals surface area contributed by atoms with Gasteiger partial charge in [0.05, 0.1) is 21.3 Å². The van der Waals surface area contributed by atoms with Crippen LogP contribution >= 0.6 is 0 Å². The van der Waals surface area contributed by atoms with Crippen LogP contribution in [0, 0.1) is 13.8 Å². The molecule has 0 bridgehead atoms. The average Bonchev–Trinajstić information content (AvgIpc) is 2.74. The van der Waals surface area contributed by atoms with Gasteiger partial charge in [0.25, 0.3) is 0 Å². The number of hydrogen-bond acceptors (Lipinski definition) is 7. The summed E-state index contributed by atoms with van der Waals surface area (Å²) >= 11 is 0. The van der Waals surface area contributed by atoms with Crippen molar-refractivity contribution >= 4 is 11.9 Å². The Kier molecular flexibility index (Phi) is 7.50. The Morgan fingerprint density at radius 3 is 2.31 bits per heavy atom. The zero-order valence-corrected chi connectivity index (χ0v) is 17.5. The summed E-state index contributed by atoms with van der Waals surface area (Å²) in [6, 6.07) is 5.26. The predicted octanol–water partition coefficient (Wildman–Crippen LogP) is 3.91. The third-order valence-electron chi connectivity index (χ3n) is 4.46. The number of benzene rings is 2. The van der Waals surface area contributed by atoms with Crippen molar-refractivity contribution in [3.8, 4) is 28.7 Å². The van der Waals surface area contributed by atoms with Crippen LogP contribution in [-0.4, -0.2) is 46.1 Å². The summed E-state index contributed by atoms with van der Waals surface area (Å²) in [5.74, 6) is 1.24. The summed E-state index contributed by atoms with van der Waals surface area (Å²) in [5.41, 5.74) is 1.74. The van der Waals surface area contributed by atoms with E-state index in [4.69, 9.17) is 23.7 Å². The second-order valence-electron chi connectivity index (χ2n) is 6.19. The van der Waals surface area contributed by atoms with Crippen molar-refractivity contribution < 1.29 is 33.6 Å². The van der Waals surface area contributed by atoms with E-state index in [1.165, 1.54) is 20.3 Å². The fraction of sp³-hybridized carbons (Fsp3) is 0.318. The first-order chi connectivity index (χ1) is 13.9. The smallest absolute Gasteiger partial charge is 0.193 e. The Hall–Kier alpha value is -3.19. The predicted molar refractivity (Wildman–Crippen MR) is 110 cm³/mol. The monoisotopic (exact) mass is 402 g/mol. The van der Waals surface area contributed by atoms with E-state index in [9.17, 15) is 9.90 Å². The zero-order valence-electron chi connectivity index (χ0n) is 17.5. The molecule has 0 aliphatic rings. The highest BCUT2D eigenvalue weighted by molar-refractivity contribution is 6.11. The molecule has 29 heavy (non-hydrogen) atoms. The summed E-state index contributed by atoms with van der Waals surface area (Å²) in [6.07, 6.45) is 2.95. The molecule has 2 aromatic rings. The minimum absolute atomic E-state index is 0.00705. The van der Waals surface area contributed by atoms with Gasteiger partial charge < -0.3 is 28.8 Å². The Morgan fingerprint density at radius 2 is 1.72 bits per heavy atom. The number of methoxy groups -OCH3 is 4. The zero-order chi connectivity index (χ0) is 21.6. The van der Waals surface area contributed by atoms with Crippen LogP contribution in [0.1, 0.15) is 27.0 Å². The normalized spacial score (nSPS) is 10.8. The van der Waals surface area contributed by atoms with Gasteiger partial charge in [-0.1, -0.05) is 0 Å². The van der Waals surface area contributed by atoms with Crippen LogP contribution in [-0.2, 0) is 4.74 Å². The molecule has 0 aliphatic carbocycles. The Balaban J connectivity index is 2.49. The summed E-state index contributed by atoms with van der Waals surface area (Å²) in [7, 11) is 6.03. The number of ether oxygens (including phenoxy) is 5. The summed E-state index contributed by atoms with van der Waals surface area (Å²) in [4.78, 5) is 12.9. The van der Waals surface area contributed by atoms with Crippen molar-refractivity contribution in [2.45, 2.75) is 13.8 Å². The van der Waals surface area contributed by atoms with Crippen LogP contribution < -0.4 is 18.9 Å². The van der Waals surface area contributed by atoms with Crippen molar-refractivity contribution in [1.29, 1.82) is 0 Å². The number of phenolic OH excluding ortho intramolecular Hbond substituents is 1. The van der Waals surface area contributed by atoms with Crippen LogP contribution in [0.25, 0.3) is 6.08 Å². The lowest BCUT2D eigenvalue weighted by Gasteiger charge is -2.19. The molecule has 0 fully saturated rings. The molecular formula is C22H26O7. The molecule has 7 nitrogen and oxygen atoms in total. The van der Waals surface area contributed by atoms with Gasteiger partial charge in [-0.3, -0.25) is 4.79 Å². The van der Waals surface area contributed by atoms with Crippen molar-refractivity contribution in [3.05, 3.63) is 46.5 Å². The summed E-state index contributed by atoms with van der Waals surface area (Å²) in [5, 5.41) is 10.7. The van der Waals surface area contributed by atoms with E-state index >= 15 is 0 Å². The second-order valence-corrected chi connectivity index (χ2v) is 6.19. The molecule has 0 radical (unpaired) electrons. The first-order valence-corrected chi connectivity index (χ1v) is 8.85. The van der Waals surface area contributed by atoms with Gasteiger partial charge in [0.2, 0.25) is 0 Å². The largest absolute Gasteiger partial charge is 0.507 e. The molecule has 0 aromatic heterocycles. The van der Waals surface area contributed by atoms with E-state index in [0.717, 1.165) is 0 Å². The topological polar surface area (TPSA) is 83.5 Å². The Morgan fingerprint density at radius 1 is 1.00 bits per heavy atom. The van der Waals surface area contributed by atoms with Gasteiger partial charge in [0.15, 0.2) is 12.6 Å². The highest BCUT2D eigenvalue weighted by atomic mass is 16.7. The van der Waals surface area contributed by atoms with E-state index in [1.807, 2.05) is 0 Å². The molecule has 0 unspecified atom stereocenters. The van der Waals surface area contributed by atoms with E-state index in [-0.39, 0.29) is 23.9 Å². The molecule has 0 saturated carbocycles. The Bertz CT molecular complexity index is 916. The van der Waals surface area contributed by atoms with Gasteiger partial charge in [-0.25, -0.2) is 0 Å². The number of aromatic hydroxyl groups is 1. The molecule has 0 amide bonds.